The number of aromatic nitrogens is 2. The van der Waals surface area contributed by atoms with E-state index in [2.05, 4.69) is 10.3 Å². The number of nitrogens with zero attached hydrogens (tertiary/aromatic N) is 2. The molecule has 0 saturated carbocycles. The fourth-order valence-electron chi connectivity index (χ4n) is 4.11. The van der Waals surface area contributed by atoms with E-state index in [-0.39, 0.29) is 30.0 Å². The zero-order valence-corrected chi connectivity index (χ0v) is 18.0. The third-order valence-electron chi connectivity index (χ3n) is 5.91. The summed E-state index contributed by atoms with van der Waals surface area (Å²) in [6.45, 7) is 3.08. The molecule has 2 amide bonds. The standard InChI is InChI=1S/C24H26N4O4/c1-2-28-23(31)19-10-9-17(14-20(19)26-24(28)32)22(30)25-18-12-13-27(15-18)21(29)11-8-16-6-4-3-5-7-16/h3-7,9-10,14,18H,2,8,11-13,15H2,1H3,(H,25,30)(H,26,32). The van der Waals surface area contributed by atoms with Crippen LogP contribution in [0.15, 0.2) is 58.1 Å². The molecule has 1 atom stereocenters. The Balaban J connectivity index is 1.38. The Bertz CT molecular complexity index is 1260. The lowest BCUT2D eigenvalue weighted by atomic mass is 10.1. The van der Waals surface area contributed by atoms with Crippen molar-refractivity contribution < 1.29 is 9.59 Å². The molecule has 1 aliphatic heterocycles. The van der Waals surface area contributed by atoms with E-state index in [0.717, 1.165) is 10.1 Å². The van der Waals surface area contributed by atoms with Crippen molar-refractivity contribution in [3.63, 3.8) is 0 Å². The van der Waals surface area contributed by atoms with E-state index in [1.807, 2.05) is 30.3 Å². The molecule has 8 nitrogen and oxygen atoms in total. The van der Waals surface area contributed by atoms with Gasteiger partial charge in [-0.05, 0) is 43.5 Å². The van der Waals surface area contributed by atoms with Gasteiger partial charge >= 0.3 is 5.69 Å². The molecule has 1 unspecified atom stereocenters. The van der Waals surface area contributed by atoms with Crippen LogP contribution >= 0.6 is 0 Å². The molecule has 0 aliphatic carbocycles. The molecular formula is C24H26N4O4. The Morgan fingerprint density at radius 3 is 2.66 bits per heavy atom. The van der Waals surface area contributed by atoms with Crippen molar-refractivity contribution in [3.05, 3.63) is 80.5 Å². The minimum absolute atomic E-state index is 0.0843. The second kappa shape index (κ2) is 9.21. The monoisotopic (exact) mass is 434 g/mol. The number of carbonyl (C=O) groups excluding carboxylic acids is 2. The van der Waals surface area contributed by atoms with Gasteiger partial charge in [-0.25, -0.2) is 4.79 Å². The summed E-state index contributed by atoms with van der Waals surface area (Å²) in [4.78, 5) is 54.2. The number of hydrogen-bond acceptors (Lipinski definition) is 4. The average molecular weight is 434 g/mol. The van der Waals surface area contributed by atoms with Gasteiger partial charge < -0.3 is 15.2 Å². The zero-order chi connectivity index (χ0) is 22.7. The van der Waals surface area contributed by atoms with Crippen LogP contribution in [0.4, 0.5) is 0 Å². The molecule has 0 radical (unpaired) electrons. The van der Waals surface area contributed by atoms with Crippen molar-refractivity contribution >= 4 is 22.7 Å². The molecule has 166 valence electrons. The number of nitrogens with one attached hydrogen (secondary N) is 2. The topological polar surface area (TPSA) is 104 Å². The highest BCUT2D eigenvalue weighted by molar-refractivity contribution is 5.97. The maximum absolute atomic E-state index is 12.7. The molecule has 8 heteroatoms. The fourth-order valence-corrected chi connectivity index (χ4v) is 4.11. The molecule has 1 aromatic heterocycles. The van der Waals surface area contributed by atoms with Gasteiger partial charge in [0.1, 0.15) is 0 Å². The van der Waals surface area contributed by atoms with Gasteiger partial charge in [0.25, 0.3) is 11.5 Å². The van der Waals surface area contributed by atoms with Gasteiger partial charge in [-0.15, -0.1) is 0 Å². The predicted molar refractivity (Wildman–Crippen MR) is 122 cm³/mol. The Labute approximate surface area is 184 Å². The molecule has 32 heavy (non-hydrogen) atoms. The maximum atomic E-state index is 12.7. The molecule has 1 saturated heterocycles. The van der Waals surface area contributed by atoms with Crippen molar-refractivity contribution in [2.45, 2.75) is 38.8 Å². The first-order valence-corrected chi connectivity index (χ1v) is 10.9. The van der Waals surface area contributed by atoms with Crippen LogP contribution in [0.2, 0.25) is 0 Å². The zero-order valence-electron chi connectivity index (χ0n) is 18.0. The summed E-state index contributed by atoms with van der Waals surface area (Å²) in [7, 11) is 0. The number of aryl methyl sites for hydroxylation is 1. The number of rotatable bonds is 6. The van der Waals surface area contributed by atoms with Crippen LogP contribution in [0.5, 0.6) is 0 Å². The van der Waals surface area contributed by atoms with Crippen molar-refractivity contribution in [2.24, 2.45) is 0 Å². The molecule has 1 aliphatic rings. The van der Waals surface area contributed by atoms with Gasteiger partial charge in [0.05, 0.1) is 10.9 Å². The lowest BCUT2D eigenvalue weighted by molar-refractivity contribution is -0.130. The molecule has 4 rings (SSSR count). The second-order valence-electron chi connectivity index (χ2n) is 8.02. The number of H-pyrrole nitrogens is 1. The van der Waals surface area contributed by atoms with E-state index in [9.17, 15) is 19.2 Å². The predicted octanol–water partition coefficient (Wildman–Crippen LogP) is 1.67. The van der Waals surface area contributed by atoms with Gasteiger partial charge in [-0.3, -0.25) is 19.0 Å². The van der Waals surface area contributed by atoms with E-state index in [4.69, 9.17) is 0 Å². The van der Waals surface area contributed by atoms with Crippen LogP contribution in [0.3, 0.4) is 0 Å². The van der Waals surface area contributed by atoms with Crippen LogP contribution in [-0.4, -0.2) is 45.4 Å². The lowest BCUT2D eigenvalue weighted by Crippen LogP contribution is -2.38. The Hall–Kier alpha value is -3.68. The minimum Gasteiger partial charge on any atom is -0.347 e. The number of likely N-dealkylation sites (tertiary alicyclic amines) is 1. The molecule has 2 aromatic carbocycles. The van der Waals surface area contributed by atoms with Crippen molar-refractivity contribution in [1.29, 1.82) is 0 Å². The number of benzene rings is 2. The van der Waals surface area contributed by atoms with Gasteiger partial charge in [-0.1, -0.05) is 30.3 Å². The largest absolute Gasteiger partial charge is 0.347 e. The highest BCUT2D eigenvalue weighted by atomic mass is 16.2. The number of carbonyl (C=O) groups is 2. The van der Waals surface area contributed by atoms with E-state index in [0.29, 0.717) is 48.8 Å². The molecule has 3 aromatic rings. The van der Waals surface area contributed by atoms with E-state index in [1.165, 1.54) is 6.07 Å². The summed E-state index contributed by atoms with van der Waals surface area (Å²) < 4.78 is 1.12. The molecule has 2 heterocycles. The molecule has 2 N–H and O–H groups in total. The lowest BCUT2D eigenvalue weighted by Gasteiger charge is -2.17. The van der Waals surface area contributed by atoms with Gasteiger partial charge in [0.2, 0.25) is 5.91 Å². The maximum Gasteiger partial charge on any atom is 0.328 e. The highest BCUT2D eigenvalue weighted by Gasteiger charge is 2.27. The summed E-state index contributed by atoms with van der Waals surface area (Å²) in [6, 6.07) is 14.4. The van der Waals surface area contributed by atoms with Crippen LogP contribution in [-0.2, 0) is 17.8 Å². The quantitative estimate of drug-likeness (QED) is 0.616. The SMILES string of the molecule is CCn1c(=O)[nH]c2cc(C(=O)NC3CCN(C(=O)CCc4ccccc4)C3)ccc2c1=O. The van der Waals surface area contributed by atoms with Crippen molar-refractivity contribution in [3.8, 4) is 0 Å². The molecule has 1 fully saturated rings. The normalized spacial score (nSPS) is 15.8. The molecule has 0 bridgehead atoms. The van der Waals surface area contributed by atoms with Crippen LogP contribution < -0.4 is 16.6 Å². The number of fused-ring (bicyclic) bond motifs is 1. The Morgan fingerprint density at radius 2 is 1.91 bits per heavy atom. The van der Waals surface area contributed by atoms with E-state index < -0.39 is 5.69 Å². The second-order valence-corrected chi connectivity index (χ2v) is 8.02. The third kappa shape index (κ3) is 4.49. The highest BCUT2D eigenvalue weighted by Crippen LogP contribution is 2.14. The Kier molecular flexibility index (Phi) is 6.20. The van der Waals surface area contributed by atoms with Gasteiger partial charge in [0, 0.05) is 37.7 Å². The first kappa shape index (κ1) is 21.5. The molecule has 0 spiro atoms. The van der Waals surface area contributed by atoms with Crippen LogP contribution in [0.25, 0.3) is 10.9 Å². The van der Waals surface area contributed by atoms with Crippen molar-refractivity contribution in [1.82, 2.24) is 19.8 Å². The average Bonchev–Trinajstić information content (AvgIpc) is 3.26. The fraction of sp³-hybridized carbons (Fsp3) is 0.333. The minimum atomic E-state index is -0.497. The van der Waals surface area contributed by atoms with Crippen molar-refractivity contribution in [2.75, 3.05) is 13.1 Å². The summed E-state index contributed by atoms with van der Waals surface area (Å²) in [5, 5.41) is 3.32. The number of hydrogen-bond donors (Lipinski definition) is 2. The number of aromatic amines is 1. The van der Waals surface area contributed by atoms with Crippen LogP contribution in [0, 0.1) is 0 Å². The smallest absolute Gasteiger partial charge is 0.328 e. The third-order valence-corrected chi connectivity index (χ3v) is 5.91. The molecular weight excluding hydrogens is 408 g/mol. The van der Waals surface area contributed by atoms with E-state index >= 15 is 0 Å². The summed E-state index contributed by atoms with van der Waals surface area (Å²) in [5.74, 6) is -0.211. The summed E-state index contributed by atoms with van der Waals surface area (Å²) in [5.41, 5.74) is 0.948. The summed E-state index contributed by atoms with van der Waals surface area (Å²) in [6.07, 6.45) is 1.83. The van der Waals surface area contributed by atoms with Crippen LogP contribution in [0.1, 0.15) is 35.7 Å². The Morgan fingerprint density at radius 1 is 1.12 bits per heavy atom. The van der Waals surface area contributed by atoms with E-state index in [1.54, 1.807) is 24.0 Å². The first-order chi connectivity index (χ1) is 15.5. The van der Waals surface area contributed by atoms with Gasteiger partial charge in [-0.2, -0.15) is 0 Å². The first-order valence-electron chi connectivity index (χ1n) is 10.9. The summed E-state index contributed by atoms with van der Waals surface area (Å²) >= 11 is 0. The number of amides is 2. The van der Waals surface area contributed by atoms with Gasteiger partial charge in [0.15, 0.2) is 0 Å².